The molecule has 0 bridgehead atoms. The van der Waals surface area contributed by atoms with Crippen LogP contribution in [0.15, 0.2) is 0 Å². The lowest BCUT2D eigenvalue weighted by Crippen LogP contribution is -2.27. The minimum Gasteiger partial charge on any atom is -0.475 e. The quantitative estimate of drug-likeness (QED) is 0.760. The highest BCUT2D eigenvalue weighted by atomic mass is 16.4. The Labute approximate surface area is 87.3 Å². The van der Waals surface area contributed by atoms with Gasteiger partial charge < -0.3 is 10.4 Å². The van der Waals surface area contributed by atoms with Gasteiger partial charge >= 0.3 is 5.97 Å². The van der Waals surface area contributed by atoms with E-state index in [1.807, 2.05) is 0 Å². The molecule has 0 radical (unpaired) electrons. The first-order valence-electron chi connectivity index (χ1n) is 5.03. The van der Waals surface area contributed by atoms with Gasteiger partial charge in [-0.05, 0) is 12.3 Å². The van der Waals surface area contributed by atoms with Crippen LogP contribution in [-0.4, -0.2) is 32.4 Å². The van der Waals surface area contributed by atoms with Crippen LogP contribution in [0.4, 0.5) is 5.95 Å². The van der Waals surface area contributed by atoms with Crippen LogP contribution in [0.25, 0.3) is 0 Å². The van der Waals surface area contributed by atoms with Crippen molar-refractivity contribution in [2.45, 2.75) is 26.3 Å². The largest absolute Gasteiger partial charge is 0.475 e. The number of fused-ring (bicyclic) bond motifs is 1. The van der Waals surface area contributed by atoms with Gasteiger partial charge in [0, 0.05) is 6.54 Å². The normalized spacial score (nSPS) is 19.8. The fourth-order valence-electron chi connectivity index (χ4n) is 1.84. The Hall–Kier alpha value is -1.59. The molecular weight excluding hydrogens is 196 g/mol. The van der Waals surface area contributed by atoms with Crippen molar-refractivity contribution in [3.63, 3.8) is 0 Å². The van der Waals surface area contributed by atoms with Gasteiger partial charge in [0.15, 0.2) is 0 Å². The summed E-state index contributed by atoms with van der Waals surface area (Å²) in [6, 6.07) is 0.238. The second-order valence-corrected chi connectivity index (χ2v) is 4.04. The second-order valence-electron chi connectivity index (χ2n) is 4.04. The Kier molecular flexibility index (Phi) is 2.34. The molecule has 0 amide bonds. The van der Waals surface area contributed by atoms with E-state index in [-0.39, 0.29) is 11.9 Å². The molecule has 0 spiro atoms. The van der Waals surface area contributed by atoms with E-state index in [2.05, 4.69) is 29.2 Å². The summed E-state index contributed by atoms with van der Waals surface area (Å²) in [5, 5.41) is 15.8. The molecule has 0 saturated heterocycles. The van der Waals surface area contributed by atoms with Gasteiger partial charge in [0.05, 0.1) is 6.04 Å². The van der Waals surface area contributed by atoms with Gasteiger partial charge in [0.2, 0.25) is 5.95 Å². The number of nitrogens with one attached hydrogen (secondary N) is 1. The number of rotatable bonds is 2. The van der Waals surface area contributed by atoms with Gasteiger partial charge in [-0.1, -0.05) is 13.8 Å². The molecule has 1 aliphatic heterocycles. The summed E-state index contributed by atoms with van der Waals surface area (Å²) in [5.41, 5.74) is 0. The van der Waals surface area contributed by atoms with Gasteiger partial charge in [-0.15, -0.1) is 5.10 Å². The summed E-state index contributed by atoms with van der Waals surface area (Å²) in [6.07, 6.45) is 0.951. The molecule has 1 aromatic heterocycles. The third-order valence-corrected chi connectivity index (χ3v) is 2.63. The first kappa shape index (κ1) is 9.95. The van der Waals surface area contributed by atoms with Crippen molar-refractivity contribution in [2.75, 3.05) is 11.9 Å². The number of aromatic carboxylic acids is 1. The van der Waals surface area contributed by atoms with E-state index in [1.165, 1.54) is 0 Å². The van der Waals surface area contributed by atoms with Crippen LogP contribution in [0, 0.1) is 5.92 Å². The molecule has 2 N–H and O–H groups in total. The van der Waals surface area contributed by atoms with E-state index in [1.54, 1.807) is 4.68 Å². The van der Waals surface area contributed by atoms with E-state index >= 15 is 0 Å². The van der Waals surface area contributed by atoms with Crippen LogP contribution in [-0.2, 0) is 0 Å². The topological polar surface area (TPSA) is 80.0 Å². The third-order valence-electron chi connectivity index (χ3n) is 2.63. The molecule has 0 saturated carbocycles. The molecule has 1 aliphatic rings. The van der Waals surface area contributed by atoms with Gasteiger partial charge in [-0.25, -0.2) is 9.48 Å². The number of anilines is 1. The maximum Gasteiger partial charge on any atom is 0.375 e. The average Bonchev–Trinajstić information content (AvgIpc) is 2.60. The number of carbonyl (C=O) groups is 1. The van der Waals surface area contributed by atoms with E-state index in [9.17, 15) is 4.79 Å². The molecule has 6 nitrogen and oxygen atoms in total. The van der Waals surface area contributed by atoms with Crippen molar-refractivity contribution in [3.8, 4) is 0 Å². The predicted molar refractivity (Wildman–Crippen MR) is 54.0 cm³/mol. The van der Waals surface area contributed by atoms with E-state index in [4.69, 9.17) is 5.11 Å². The van der Waals surface area contributed by atoms with Crippen LogP contribution >= 0.6 is 0 Å². The van der Waals surface area contributed by atoms with Crippen LogP contribution in [0.2, 0.25) is 0 Å². The standard InChI is InChI=1S/C9H14N4O2/c1-5(2)6-3-4-10-9-11-7(8(14)15)12-13(6)9/h5-6H,3-4H2,1-2H3,(H,14,15)(H,10,11,12). The smallest absolute Gasteiger partial charge is 0.375 e. The third kappa shape index (κ3) is 1.67. The summed E-state index contributed by atoms with van der Waals surface area (Å²) in [5.74, 6) is -0.224. The van der Waals surface area contributed by atoms with E-state index < -0.39 is 5.97 Å². The predicted octanol–water partition coefficient (Wildman–Crippen LogP) is 0.989. The lowest BCUT2D eigenvalue weighted by molar-refractivity contribution is 0.0682. The highest BCUT2D eigenvalue weighted by Gasteiger charge is 2.26. The number of hydrogen-bond donors (Lipinski definition) is 2. The first-order chi connectivity index (χ1) is 7.09. The van der Waals surface area contributed by atoms with Crippen molar-refractivity contribution < 1.29 is 9.90 Å². The van der Waals surface area contributed by atoms with Gasteiger partial charge in [0.1, 0.15) is 0 Å². The summed E-state index contributed by atoms with van der Waals surface area (Å²) in [7, 11) is 0. The van der Waals surface area contributed by atoms with Crippen LogP contribution in [0.5, 0.6) is 0 Å². The summed E-state index contributed by atoms with van der Waals surface area (Å²) < 4.78 is 1.69. The van der Waals surface area contributed by atoms with Gasteiger partial charge in [-0.3, -0.25) is 0 Å². The number of nitrogens with zero attached hydrogens (tertiary/aromatic N) is 3. The fraction of sp³-hybridized carbons (Fsp3) is 0.667. The van der Waals surface area contributed by atoms with Gasteiger partial charge in [-0.2, -0.15) is 4.98 Å². The van der Waals surface area contributed by atoms with E-state index in [0.717, 1.165) is 13.0 Å². The summed E-state index contributed by atoms with van der Waals surface area (Å²) in [6.45, 7) is 5.02. The van der Waals surface area contributed by atoms with E-state index in [0.29, 0.717) is 11.9 Å². The molecule has 82 valence electrons. The van der Waals surface area contributed by atoms with Crippen LogP contribution < -0.4 is 5.32 Å². The van der Waals surface area contributed by atoms with Crippen LogP contribution in [0.1, 0.15) is 36.9 Å². The molecule has 1 aromatic rings. The maximum absolute atomic E-state index is 10.7. The fourth-order valence-corrected chi connectivity index (χ4v) is 1.84. The zero-order valence-corrected chi connectivity index (χ0v) is 8.77. The molecular formula is C9H14N4O2. The lowest BCUT2D eigenvalue weighted by Gasteiger charge is -2.27. The lowest BCUT2D eigenvalue weighted by atomic mass is 10.0. The molecule has 0 aliphatic carbocycles. The number of carboxylic acids is 1. The Morgan fingerprint density at radius 3 is 3.00 bits per heavy atom. The highest BCUT2D eigenvalue weighted by Crippen LogP contribution is 2.27. The van der Waals surface area contributed by atoms with Crippen LogP contribution in [0.3, 0.4) is 0 Å². The molecule has 2 heterocycles. The molecule has 2 rings (SSSR count). The van der Waals surface area contributed by atoms with Crippen molar-refractivity contribution in [1.29, 1.82) is 0 Å². The second kappa shape index (κ2) is 3.52. The first-order valence-corrected chi connectivity index (χ1v) is 5.03. The zero-order valence-electron chi connectivity index (χ0n) is 8.77. The highest BCUT2D eigenvalue weighted by molar-refractivity contribution is 5.83. The van der Waals surface area contributed by atoms with Crippen molar-refractivity contribution in [3.05, 3.63) is 5.82 Å². The Morgan fingerprint density at radius 2 is 2.40 bits per heavy atom. The van der Waals surface area contributed by atoms with Crippen molar-refractivity contribution in [1.82, 2.24) is 14.8 Å². The molecule has 1 unspecified atom stereocenters. The van der Waals surface area contributed by atoms with Crippen molar-refractivity contribution in [2.24, 2.45) is 5.92 Å². The monoisotopic (exact) mass is 210 g/mol. The maximum atomic E-state index is 10.7. The van der Waals surface area contributed by atoms with Gasteiger partial charge in [0.25, 0.3) is 5.82 Å². The molecule has 6 heteroatoms. The number of hydrogen-bond acceptors (Lipinski definition) is 4. The van der Waals surface area contributed by atoms with Crippen molar-refractivity contribution >= 4 is 11.9 Å². The number of carboxylic acid groups (broad SMARTS) is 1. The molecule has 15 heavy (non-hydrogen) atoms. The summed E-state index contributed by atoms with van der Waals surface area (Å²) in [4.78, 5) is 14.7. The molecule has 0 aromatic carbocycles. The Balaban J connectivity index is 2.38. The summed E-state index contributed by atoms with van der Waals surface area (Å²) >= 11 is 0. The Morgan fingerprint density at radius 1 is 1.67 bits per heavy atom. The number of aromatic nitrogens is 3. The Bertz CT molecular complexity index is 385. The minimum absolute atomic E-state index is 0.134. The SMILES string of the molecule is CC(C)C1CCNc2nc(C(=O)O)nn21. The average molecular weight is 210 g/mol. The molecule has 1 atom stereocenters. The molecule has 0 fully saturated rings. The minimum atomic E-state index is -1.08. The zero-order chi connectivity index (χ0) is 11.0.